The van der Waals surface area contributed by atoms with Crippen LogP contribution in [0.3, 0.4) is 0 Å². The number of carbonyl (C=O) groups is 1. The molecule has 1 amide bonds. The molecule has 0 aromatic carbocycles. The summed E-state index contributed by atoms with van der Waals surface area (Å²) in [6.45, 7) is 6.42. The largest absolute Gasteiger partial charge is 0.433 e. The van der Waals surface area contributed by atoms with Crippen LogP contribution >= 0.6 is 0 Å². The highest BCUT2D eigenvalue weighted by molar-refractivity contribution is 5.91. The molecule has 9 nitrogen and oxygen atoms in total. The zero-order valence-electron chi connectivity index (χ0n) is 13.4. The summed E-state index contributed by atoms with van der Waals surface area (Å²) >= 11 is 0. The van der Waals surface area contributed by atoms with E-state index < -0.39 is 10.8 Å². The van der Waals surface area contributed by atoms with Crippen LogP contribution in [0.15, 0.2) is 28.9 Å². The molecule has 0 aliphatic carbocycles. The average molecular weight is 333 g/mol. The highest BCUT2D eigenvalue weighted by Crippen LogP contribution is 2.18. The van der Waals surface area contributed by atoms with Gasteiger partial charge in [-0.05, 0) is 13.0 Å². The second-order valence-corrected chi connectivity index (χ2v) is 5.70. The van der Waals surface area contributed by atoms with Crippen molar-refractivity contribution >= 4 is 11.8 Å². The van der Waals surface area contributed by atoms with Crippen LogP contribution in [0, 0.1) is 17.0 Å². The summed E-state index contributed by atoms with van der Waals surface area (Å²) in [6, 6.07) is 2.56. The number of imidazole rings is 1. The second kappa shape index (κ2) is 6.83. The monoisotopic (exact) mass is 333 g/mol. The lowest BCUT2D eigenvalue weighted by Crippen LogP contribution is -2.49. The molecule has 1 saturated heterocycles. The van der Waals surface area contributed by atoms with E-state index in [1.807, 2.05) is 13.1 Å². The van der Waals surface area contributed by atoms with Gasteiger partial charge in [0.1, 0.15) is 10.7 Å². The third-order valence-electron chi connectivity index (χ3n) is 4.22. The molecule has 0 spiro atoms. The summed E-state index contributed by atoms with van der Waals surface area (Å²) in [5, 5.41) is 10.6. The second-order valence-electron chi connectivity index (χ2n) is 5.70. The molecule has 128 valence electrons. The third kappa shape index (κ3) is 3.46. The van der Waals surface area contributed by atoms with Gasteiger partial charge in [-0.3, -0.25) is 19.8 Å². The maximum Gasteiger partial charge on any atom is 0.433 e. The molecule has 9 heteroatoms. The molecule has 0 radical (unpaired) electrons. The van der Waals surface area contributed by atoms with Crippen LogP contribution < -0.4 is 0 Å². The highest BCUT2D eigenvalue weighted by Gasteiger charge is 2.25. The lowest BCUT2D eigenvalue weighted by molar-refractivity contribution is -0.402. The molecule has 0 N–H and O–H groups in total. The summed E-state index contributed by atoms with van der Waals surface area (Å²) in [5.41, 5.74) is 0. The molecule has 3 heterocycles. The molecular weight excluding hydrogens is 314 g/mol. The summed E-state index contributed by atoms with van der Waals surface area (Å²) in [7, 11) is 0. The summed E-state index contributed by atoms with van der Waals surface area (Å²) in [4.78, 5) is 30.4. The van der Waals surface area contributed by atoms with Crippen molar-refractivity contribution in [2.75, 3.05) is 32.7 Å². The van der Waals surface area contributed by atoms with Gasteiger partial charge in [-0.15, -0.1) is 0 Å². The quantitative estimate of drug-likeness (QED) is 0.601. The van der Waals surface area contributed by atoms with Crippen molar-refractivity contribution in [1.29, 1.82) is 0 Å². The fourth-order valence-electron chi connectivity index (χ4n) is 2.76. The van der Waals surface area contributed by atoms with Gasteiger partial charge in [0.05, 0.1) is 6.07 Å². The van der Waals surface area contributed by atoms with Gasteiger partial charge in [-0.25, -0.2) is 4.98 Å². The molecule has 2 aromatic heterocycles. The number of hydrogen-bond acceptors (Lipinski definition) is 6. The molecule has 0 atom stereocenters. The number of nitrogens with zero attached hydrogens (tertiary/aromatic N) is 5. The zero-order chi connectivity index (χ0) is 17.1. The van der Waals surface area contributed by atoms with E-state index in [9.17, 15) is 14.9 Å². The Labute approximate surface area is 138 Å². The van der Waals surface area contributed by atoms with Gasteiger partial charge in [0.15, 0.2) is 5.76 Å². The predicted molar refractivity (Wildman–Crippen MR) is 84.7 cm³/mol. The minimum atomic E-state index is -0.646. The van der Waals surface area contributed by atoms with Gasteiger partial charge in [0, 0.05) is 51.7 Å². The molecule has 1 aliphatic rings. The van der Waals surface area contributed by atoms with E-state index in [0.717, 1.165) is 32.0 Å². The molecule has 24 heavy (non-hydrogen) atoms. The number of furan rings is 1. The van der Waals surface area contributed by atoms with Crippen molar-refractivity contribution in [2.24, 2.45) is 0 Å². The molecule has 0 unspecified atom stereocenters. The van der Waals surface area contributed by atoms with Gasteiger partial charge in [-0.2, -0.15) is 0 Å². The van der Waals surface area contributed by atoms with Crippen molar-refractivity contribution in [3.05, 3.63) is 46.2 Å². The Morgan fingerprint density at radius 1 is 1.29 bits per heavy atom. The van der Waals surface area contributed by atoms with Crippen LogP contribution in [-0.4, -0.2) is 62.9 Å². The average Bonchev–Trinajstić information content (AvgIpc) is 3.22. The van der Waals surface area contributed by atoms with E-state index in [1.165, 1.54) is 12.1 Å². The van der Waals surface area contributed by atoms with Crippen molar-refractivity contribution in [3.63, 3.8) is 0 Å². The van der Waals surface area contributed by atoms with E-state index in [4.69, 9.17) is 4.42 Å². The van der Waals surface area contributed by atoms with Crippen molar-refractivity contribution < 1.29 is 14.1 Å². The number of piperazine rings is 1. The molecule has 0 saturated carbocycles. The number of rotatable bonds is 5. The van der Waals surface area contributed by atoms with Gasteiger partial charge >= 0.3 is 5.88 Å². The first kappa shape index (κ1) is 16.2. The Hall–Kier alpha value is -2.68. The van der Waals surface area contributed by atoms with Crippen molar-refractivity contribution in [1.82, 2.24) is 19.4 Å². The normalized spacial score (nSPS) is 15.6. The number of amides is 1. The third-order valence-corrected chi connectivity index (χ3v) is 4.22. The van der Waals surface area contributed by atoms with E-state index >= 15 is 0 Å². The van der Waals surface area contributed by atoms with Crippen LogP contribution in [0.25, 0.3) is 0 Å². The van der Waals surface area contributed by atoms with Crippen LogP contribution in [-0.2, 0) is 6.54 Å². The number of aromatic nitrogens is 2. The topological polar surface area (TPSA) is 97.7 Å². The van der Waals surface area contributed by atoms with E-state index in [-0.39, 0.29) is 11.7 Å². The predicted octanol–water partition coefficient (Wildman–Crippen LogP) is 1.15. The fraction of sp³-hybridized carbons (Fsp3) is 0.467. The van der Waals surface area contributed by atoms with Crippen molar-refractivity contribution in [2.45, 2.75) is 13.5 Å². The van der Waals surface area contributed by atoms with Gasteiger partial charge < -0.3 is 13.9 Å². The first-order valence-electron chi connectivity index (χ1n) is 7.78. The molecule has 0 bridgehead atoms. The summed E-state index contributed by atoms with van der Waals surface area (Å²) in [6.07, 6.45) is 3.74. The Morgan fingerprint density at radius 3 is 2.62 bits per heavy atom. The van der Waals surface area contributed by atoms with E-state index in [1.54, 1.807) is 11.1 Å². The van der Waals surface area contributed by atoms with Crippen LogP contribution in [0.1, 0.15) is 16.4 Å². The number of carbonyl (C=O) groups excluding carboxylic acids is 1. The number of nitro groups is 1. The Balaban J connectivity index is 1.50. The van der Waals surface area contributed by atoms with E-state index in [0.29, 0.717) is 13.1 Å². The zero-order valence-corrected chi connectivity index (χ0v) is 13.4. The Kier molecular flexibility index (Phi) is 4.61. The SMILES string of the molecule is Cc1nccn1CCN1CCN(C(=O)c2ccc([N+](=O)[O-])o2)CC1. The summed E-state index contributed by atoms with van der Waals surface area (Å²) < 4.78 is 7.08. The maximum absolute atomic E-state index is 12.3. The number of hydrogen-bond donors (Lipinski definition) is 0. The molecule has 1 fully saturated rings. The van der Waals surface area contributed by atoms with Crippen LogP contribution in [0.2, 0.25) is 0 Å². The highest BCUT2D eigenvalue weighted by atomic mass is 16.6. The fourth-order valence-corrected chi connectivity index (χ4v) is 2.76. The molecular formula is C15H19N5O4. The van der Waals surface area contributed by atoms with Crippen LogP contribution in [0.5, 0.6) is 0 Å². The first-order chi connectivity index (χ1) is 11.5. The van der Waals surface area contributed by atoms with E-state index in [2.05, 4.69) is 14.5 Å². The van der Waals surface area contributed by atoms with Crippen LogP contribution in [0.4, 0.5) is 5.88 Å². The van der Waals surface area contributed by atoms with Gasteiger partial charge in [0.25, 0.3) is 5.91 Å². The lowest BCUT2D eigenvalue weighted by atomic mass is 10.3. The minimum Gasteiger partial charge on any atom is -0.395 e. The van der Waals surface area contributed by atoms with Crippen molar-refractivity contribution in [3.8, 4) is 0 Å². The maximum atomic E-state index is 12.3. The Bertz CT molecular complexity index is 730. The number of aryl methyl sites for hydroxylation is 1. The molecule has 2 aromatic rings. The lowest BCUT2D eigenvalue weighted by Gasteiger charge is -2.34. The standard InChI is InChI=1S/C15H19N5O4/c1-12-16-4-5-18(12)9-6-17-7-10-19(11-8-17)15(21)13-2-3-14(24-13)20(22)23/h2-5H,6-11H2,1H3. The smallest absolute Gasteiger partial charge is 0.395 e. The van der Waals surface area contributed by atoms with Gasteiger partial charge in [0.2, 0.25) is 0 Å². The minimum absolute atomic E-state index is 0.0178. The molecule has 3 rings (SSSR count). The Morgan fingerprint density at radius 2 is 2.04 bits per heavy atom. The molecule has 1 aliphatic heterocycles. The first-order valence-corrected chi connectivity index (χ1v) is 7.78. The summed E-state index contributed by atoms with van der Waals surface area (Å²) in [5.74, 6) is 0.299. The van der Waals surface area contributed by atoms with Gasteiger partial charge in [-0.1, -0.05) is 0 Å².